The fourth-order valence-electron chi connectivity index (χ4n) is 4.43. The molecule has 1 aromatic carbocycles. The number of nitriles is 1. The lowest BCUT2D eigenvalue weighted by Crippen LogP contribution is -2.40. The van der Waals surface area contributed by atoms with Gasteiger partial charge in [-0.25, -0.2) is 0 Å². The summed E-state index contributed by atoms with van der Waals surface area (Å²) < 4.78 is 0. The van der Waals surface area contributed by atoms with Gasteiger partial charge in [-0.05, 0) is 48.3 Å². The van der Waals surface area contributed by atoms with E-state index in [0.717, 1.165) is 45.6 Å². The summed E-state index contributed by atoms with van der Waals surface area (Å²) in [6.45, 7) is 6.39. The van der Waals surface area contributed by atoms with Crippen molar-refractivity contribution in [3.63, 3.8) is 0 Å². The van der Waals surface area contributed by atoms with Crippen LogP contribution < -0.4 is 0 Å². The second kappa shape index (κ2) is 7.99. The van der Waals surface area contributed by atoms with Crippen LogP contribution in [0.5, 0.6) is 0 Å². The Hall–Kier alpha value is -1.90. The molecule has 5 nitrogen and oxygen atoms in total. The third-order valence-electron chi connectivity index (χ3n) is 5.88. The number of rotatable bonds is 4. The second-order valence-corrected chi connectivity index (χ2v) is 7.45. The molecule has 0 aliphatic carbocycles. The van der Waals surface area contributed by atoms with E-state index in [-0.39, 0.29) is 12.5 Å². The van der Waals surface area contributed by atoms with Crippen molar-refractivity contribution in [3.8, 4) is 6.07 Å². The molecule has 5 heteroatoms. The van der Waals surface area contributed by atoms with Crippen LogP contribution >= 0.6 is 0 Å². The van der Waals surface area contributed by atoms with Gasteiger partial charge in [0.05, 0.1) is 11.6 Å². The van der Waals surface area contributed by atoms with E-state index in [1.807, 2.05) is 29.2 Å². The fraction of sp³-hybridized carbons (Fsp3) is 0.600. The number of carbonyl (C=O) groups excluding carboxylic acids is 1. The Morgan fingerprint density at radius 3 is 2.48 bits per heavy atom. The molecule has 0 saturated carbocycles. The average Bonchev–Trinajstić information content (AvgIpc) is 3.05. The monoisotopic (exact) mass is 341 g/mol. The van der Waals surface area contributed by atoms with Crippen molar-refractivity contribution in [2.24, 2.45) is 17.8 Å². The highest BCUT2D eigenvalue weighted by atomic mass is 16.3. The third-order valence-corrected chi connectivity index (χ3v) is 5.88. The Balaban J connectivity index is 1.58. The van der Waals surface area contributed by atoms with Crippen LogP contribution in [0.4, 0.5) is 0 Å². The van der Waals surface area contributed by atoms with Gasteiger partial charge >= 0.3 is 0 Å². The summed E-state index contributed by atoms with van der Waals surface area (Å²) in [5.74, 6) is 1.61. The lowest BCUT2D eigenvalue weighted by atomic mass is 9.79. The number of nitrogens with zero attached hydrogens (tertiary/aromatic N) is 3. The van der Waals surface area contributed by atoms with E-state index >= 15 is 0 Å². The fourth-order valence-corrected chi connectivity index (χ4v) is 4.43. The minimum atomic E-state index is 0.172. The first-order valence-corrected chi connectivity index (χ1v) is 9.18. The van der Waals surface area contributed by atoms with Crippen molar-refractivity contribution >= 4 is 5.91 Å². The van der Waals surface area contributed by atoms with Gasteiger partial charge < -0.3 is 10.0 Å². The summed E-state index contributed by atoms with van der Waals surface area (Å²) in [5.41, 5.74) is 1.90. The Bertz CT molecular complexity index is 629. The molecule has 3 rings (SSSR count). The van der Waals surface area contributed by atoms with E-state index in [2.05, 4.69) is 11.0 Å². The number of hydrogen-bond acceptors (Lipinski definition) is 4. The van der Waals surface area contributed by atoms with Crippen molar-refractivity contribution in [1.82, 2.24) is 9.80 Å². The molecular weight excluding hydrogens is 314 g/mol. The maximum Gasteiger partial charge on any atom is 0.219 e. The molecule has 2 aliphatic heterocycles. The minimum absolute atomic E-state index is 0.172. The highest BCUT2D eigenvalue weighted by Crippen LogP contribution is 2.36. The minimum Gasteiger partial charge on any atom is -0.396 e. The van der Waals surface area contributed by atoms with Crippen molar-refractivity contribution < 1.29 is 9.90 Å². The van der Waals surface area contributed by atoms with Crippen molar-refractivity contribution in [1.29, 1.82) is 5.26 Å². The van der Waals surface area contributed by atoms with Gasteiger partial charge in [-0.15, -0.1) is 0 Å². The van der Waals surface area contributed by atoms with Gasteiger partial charge in [-0.3, -0.25) is 9.69 Å². The molecule has 1 amide bonds. The lowest BCUT2D eigenvalue weighted by Gasteiger charge is -2.36. The van der Waals surface area contributed by atoms with Crippen molar-refractivity contribution in [2.45, 2.75) is 26.3 Å². The topological polar surface area (TPSA) is 67.6 Å². The number of hydrogen-bond donors (Lipinski definition) is 1. The first kappa shape index (κ1) is 17.9. The van der Waals surface area contributed by atoms with Crippen molar-refractivity contribution in [3.05, 3.63) is 35.4 Å². The van der Waals surface area contributed by atoms with Crippen LogP contribution in [0, 0.1) is 29.1 Å². The predicted molar refractivity (Wildman–Crippen MR) is 95.5 cm³/mol. The largest absolute Gasteiger partial charge is 0.396 e. The normalized spacial score (nSPS) is 25.1. The summed E-state index contributed by atoms with van der Waals surface area (Å²) in [6, 6.07) is 9.92. The molecule has 2 atom stereocenters. The zero-order valence-corrected chi connectivity index (χ0v) is 14.9. The van der Waals surface area contributed by atoms with Crippen LogP contribution in [0.25, 0.3) is 0 Å². The smallest absolute Gasteiger partial charge is 0.219 e. The van der Waals surface area contributed by atoms with E-state index in [9.17, 15) is 9.90 Å². The molecule has 1 N–H and O–H groups in total. The molecule has 2 heterocycles. The van der Waals surface area contributed by atoms with E-state index < -0.39 is 0 Å². The molecule has 1 aromatic rings. The summed E-state index contributed by atoms with van der Waals surface area (Å²) in [6.07, 6.45) is 2.09. The van der Waals surface area contributed by atoms with E-state index in [1.54, 1.807) is 6.92 Å². The predicted octanol–water partition coefficient (Wildman–Crippen LogP) is 1.86. The van der Waals surface area contributed by atoms with E-state index in [1.165, 1.54) is 5.56 Å². The quantitative estimate of drug-likeness (QED) is 0.908. The molecule has 134 valence electrons. The molecule has 2 saturated heterocycles. The number of likely N-dealkylation sites (tertiary alicyclic amines) is 2. The average molecular weight is 341 g/mol. The summed E-state index contributed by atoms with van der Waals surface area (Å²) in [5, 5.41) is 18.7. The number of amides is 1. The second-order valence-electron chi connectivity index (χ2n) is 7.45. The van der Waals surface area contributed by atoms with Crippen LogP contribution in [0.1, 0.15) is 30.9 Å². The zero-order chi connectivity index (χ0) is 17.8. The molecule has 25 heavy (non-hydrogen) atoms. The lowest BCUT2D eigenvalue weighted by molar-refractivity contribution is -0.130. The highest BCUT2D eigenvalue weighted by Gasteiger charge is 2.38. The van der Waals surface area contributed by atoms with Crippen LogP contribution in [0.15, 0.2) is 24.3 Å². The molecule has 0 radical (unpaired) electrons. The molecule has 0 aromatic heterocycles. The Morgan fingerprint density at radius 1 is 1.24 bits per heavy atom. The van der Waals surface area contributed by atoms with Gasteiger partial charge in [-0.2, -0.15) is 5.26 Å². The van der Waals surface area contributed by atoms with Gasteiger partial charge in [0.15, 0.2) is 0 Å². The standard InChI is InChI=1S/C20H27N3O2/c1-15(25)23-8-6-18(7-9-23)20-13-22(12-19(20)14-24)11-17-4-2-16(10-21)3-5-17/h2-5,18-20,24H,6-9,11-14H2,1H3/t19-,20-/m0/s1. The highest BCUT2D eigenvalue weighted by molar-refractivity contribution is 5.73. The number of aliphatic hydroxyl groups excluding tert-OH is 1. The summed E-state index contributed by atoms with van der Waals surface area (Å²) >= 11 is 0. The number of aliphatic hydroxyl groups is 1. The number of benzene rings is 1. The summed E-state index contributed by atoms with van der Waals surface area (Å²) in [4.78, 5) is 15.9. The zero-order valence-electron chi connectivity index (χ0n) is 14.9. The molecule has 2 fully saturated rings. The Morgan fingerprint density at radius 2 is 1.92 bits per heavy atom. The van der Waals surface area contributed by atoms with Crippen LogP contribution in [-0.2, 0) is 11.3 Å². The molecule has 0 bridgehead atoms. The van der Waals surface area contributed by atoms with Gasteiger partial charge in [0, 0.05) is 46.3 Å². The maximum absolute atomic E-state index is 11.5. The van der Waals surface area contributed by atoms with E-state index in [0.29, 0.717) is 23.3 Å². The van der Waals surface area contributed by atoms with Crippen LogP contribution in [0.3, 0.4) is 0 Å². The van der Waals surface area contributed by atoms with Crippen molar-refractivity contribution in [2.75, 3.05) is 32.8 Å². The first-order valence-electron chi connectivity index (χ1n) is 9.18. The SMILES string of the molecule is CC(=O)N1CCC([C@@H]2CN(Cc3ccc(C#N)cc3)C[C@H]2CO)CC1. The van der Waals surface area contributed by atoms with Crippen LogP contribution in [-0.4, -0.2) is 53.6 Å². The van der Waals surface area contributed by atoms with Crippen LogP contribution in [0.2, 0.25) is 0 Å². The van der Waals surface area contributed by atoms with Gasteiger partial charge in [0.25, 0.3) is 0 Å². The Kier molecular flexibility index (Phi) is 5.72. The van der Waals surface area contributed by atoms with Gasteiger partial charge in [0.2, 0.25) is 5.91 Å². The number of carbonyl (C=O) groups is 1. The Labute approximate surface area is 149 Å². The molecular formula is C20H27N3O2. The number of piperidine rings is 1. The van der Waals surface area contributed by atoms with Gasteiger partial charge in [0.1, 0.15) is 0 Å². The van der Waals surface area contributed by atoms with Gasteiger partial charge in [-0.1, -0.05) is 12.1 Å². The first-order chi connectivity index (χ1) is 12.1. The molecule has 2 aliphatic rings. The maximum atomic E-state index is 11.5. The van der Waals surface area contributed by atoms with E-state index in [4.69, 9.17) is 5.26 Å². The molecule has 0 spiro atoms. The summed E-state index contributed by atoms with van der Waals surface area (Å²) in [7, 11) is 0. The third kappa shape index (κ3) is 4.20. The molecule has 0 unspecified atom stereocenters.